The Morgan fingerprint density at radius 1 is 0.889 bits per heavy atom. The average Bonchev–Trinajstić information content (AvgIpc) is 2.66. The largest absolute Gasteiger partial charge is 0.465 e. The van der Waals surface area contributed by atoms with E-state index in [-0.39, 0.29) is 11.1 Å². The third-order valence-corrected chi connectivity index (χ3v) is 4.05. The Bertz CT molecular complexity index is 831. The maximum atomic E-state index is 11.9. The second-order valence-corrected chi connectivity index (χ2v) is 6.55. The fourth-order valence-corrected chi connectivity index (χ4v) is 2.68. The molecule has 0 spiro atoms. The van der Waals surface area contributed by atoms with Gasteiger partial charge in [0.2, 0.25) is 0 Å². The molecule has 7 heteroatoms. The van der Waals surface area contributed by atoms with Crippen molar-refractivity contribution in [2.75, 3.05) is 24.9 Å². The van der Waals surface area contributed by atoms with Crippen molar-refractivity contribution in [3.63, 3.8) is 0 Å². The van der Waals surface area contributed by atoms with Crippen molar-refractivity contribution < 1.29 is 19.1 Å². The van der Waals surface area contributed by atoms with E-state index >= 15 is 0 Å². The van der Waals surface area contributed by atoms with Crippen LogP contribution in [0.4, 0.5) is 11.4 Å². The van der Waals surface area contributed by atoms with Gasteiger partial charge in [-0.3, -0.25) is 0 Å². The normalized spacial score (nSPS) is 10.3. The first-order valence-corrected chi connectivity index (χ1v) is 8.74. The van der Waals surface area contributed by atoms with Crippen LogP contribution < -0.4 is 10.6 Å². The van der Waals surface area contributed by atoms with Gasteiger partial charge in [0.1, 0.15) is 0 Å². The van der Waals surface area contributed by atoms with Gasteiger partial charge in [-0.15, -0.1) is 0 Å². The van der Waals surface area contributed by atoms with Crippen molar-refractivity contribution in [3.05, 3.63) is 59.2 Å². The van der Waals surface area contributed by atoms with Crippen molar-refractivity contribution in [3.8, 4) is 0 Å². The predicted octanol–water partition coefficient (Wildman–Crippen LogP) is 4.19. The maximum absolute atomic E-state index is 11.9. The molecule has 2 aromatic carbocycles. The van der Waals surface area contributed by atoms with Gasteiger partial charge < -0.3 is 20.1 Å². The highest BCUT2D eigenvalue weighted by Crippen LogP contribution is 2.20. The van der Waals surface area contributed by atoms with Gasteiger partial charge >= 0.3 is 11.9 Å². The Kier molecular flexibility index (Phi) is 6.90. The quantitative estimate of drug-likeness (QED) is 0.589. The molecule has 0 aliphatic carbocycles. The third kappa shape index (κ3) is 5.52. The molecule has 0 amide bonds. The van der Waals surface area contributed by atoms with Crippen LogP contribution in [0.3, 0.4) is 0 Å². The standard InChI is InChI=1S/C20H22N2O4S/c1-12(2)13-6-5-7-16(9-13)21-20(27)22-17-10-14(18(23)25-3)8-15(11-17)19(24)26-4/h5-12H,1-4H3,(H2,21,22,27). The van der Waals surface area contributed by atoms with Crippen LogP contribution in [0, 0.1) is 0 Å². The smallest absolute Gasteiger partial charge is 0.337 e. The number of rotatable bonds is 5. The summed E-state index contributed by atoms with van der Waals surface area (Å²) in [5, 5.41) is 6.41. The van der Waals surface area contributed by atoms with E-state index in [9.17, 15) is 9.59 Å². The first-order chi connectivity index (χ1) is 12.8. The van der Waals surface area contributed by atoms with E-state index in [4.69, 9.17) is 21.7 Å². The lowest BCUT2D eigenvalue weighted by Crippen LogP contribution is -2.20. The molecule has 0 saturated carbocycles. The van der Waals surface area contributed by atoms with Gasteiger partial charge in [0.25, 0.3) is 0 Å². The van der Waals surface area contributed by atoms with Gasteiger partial charge in [-0.1, -0.05) is 26.0 Å². The molecule has 0 bridgehead atoms. The number of anilines is 2. The third-order valence-electron chi connectivity index (χ3n) is 3.84. The van der Waals surface area contributed by atoms with E-state index in [0.29, 0.717) is 16.7 Å². The van der Waals surface area contributed by atoms with Crippen LogP contribution in [0.5, 0.6) is 0 Å². The molecule has 0 aliphatic heterocycles. The Morgan fingerprint density at radius 2 is 1.44 bits per heavy atom. The predicted molar refractivity (Wildman–Crippen MR) is 109 cm³/mol. The number of methoxy groups -OCH3 is 2. The summed E-state index contributed by atoms with van der Waals surface area (Å²) in [6.07, 6.45) is 0. The Labute approximate surface area is 163 Å². The highest BCUT2D eigenvalue weighted by atomic mass is 32.1. The second kappa shape index (κ2) is 9.14. The zero-order chi connectivity index (χ0) is 20.0. The van der Waals surface area contributed by atoms with Crippen LogP contribution in [0.25, 0.3) is 0 Å². The summed E-state index contributed by atoms with van der Waals surface area (Å²) < 4.78 is 9.46. The molecule has 0 atom stereocenters. The zero-order valence-electron chi connectivity index (χ0n) is 15.7. The molecular weight excluding hydrogens is 364 g/mol. The monoisotopic (exact) mass is 386 g/mol. The summed E-state index contributed by atoms with van der Waals surface area (Å²) in [5.74, 6) is -0.729. The Balaban J connectivity index is 2.22. The second-order valence-electron chi connectivity index (χ2n) is 6.14. The number of carbonyl (C=O) groups is 2. The van der Waals surface area contributed by atoms with E-state index in [1.54, 1.807) is 12.1 Å². The van der Waals surface area contributed by atoms with Gasteiger partial charge in [-0.05, 0) is 54.0 Å². The van der Waals surface area contributed by atoms with Crippen LogP contribution in [0.15, 0.2) is 42.5 Å². The van der Waals surface area contributed by atoms with Gasteiger partial charge in [0, 0.05) is 11.4 Å². The minimum Gasteiger partial charge on any atom is -0.465 e. The number of carbonyl (C=O) groups excluding carboxylic acids is 2. The molecule has 0 fully saturated rings. The molecule has 0 aromatic heterocycles. The molecule has 2 aromatic rings. The first-order valence-electron chi connectivity index (χ1n) is 8.33. The van der Waals surface area contributed by atoms with Crippen molar-refractivity contribution in [1.82, 2.24) is 0 Å². The SMILES string of the molecule is COC(=O)c1cc(NC(=S)Nc2cccc(C(C)C)c2)cc(C(=O)OC)c1. The Morgan fingerprint density at radius 3 is 1.96 bits per heavy atom. The van der Waals surface area contributed by atoms with Crippen molar-refractivity contribution >= 4 is 40.6 Å². The molecule has 27 heavy (non-hydrogen) atoms. The molecule has 0 aliphatic rings. The number of ether oxygens (including phenoxy) is 2. The number of thiocarbonyl (C=S) groups is 1. The molecule has 0 heterocycles. The van der Waals surface area contributed by atoms with Crippen LogP contribution in [-0.2, 0) is 9.47 Å². The number of hydrogen-bond acceptors (Lipinski definition) is 5. The van der Waals surface area contributed by atoms with Crippen LogP contribution in [0.1, 0.15) is 46.0 Å². The van der Waals surface area contributed by atoms with Gasteiger partial charge in [-0.25, -0.2) is 9.59 Å². The van der Waals surface area contributed by atoms with E-state index in [2.05, 4.69) is 30.5 Å². The van der Waals surface area contributed by atoms with Crippen molar-refractivity contribution in [2.24, 2.45) is 0 Å². The topological polar surface area (TPSA) is 76.7 Å². The summed E-state index contributed by atoms with van der Waals surface area (Å²) in [6, 6.07) is 12.4. The molecule has 2 rings (SSSR count). The highest BCUT2D eigenvalue weighted by Gasteiger charge is 2.14. The molecular formula is C20H22N2O4S. The lowest BCUT2D eigenvalue weighted by Gasteiger charge is -2.14. The molecule has 6 nitrogen and oxygen atoms in total. The van der Waals surface area contributed by atoms with Crippen molar-refractivity contribution in [2.45, 2.75) is 19.8 Å². The minimum absolute atomic E-state index is 0.215. The highest BCUT2D eigenvalue weighted by molar-refractivity contribution is 7.80. The van der Waals surface area contributed by atoms with E-state index in [1.807, 2.05) is 18.2 Å². The fraction of sp³-hybridized carbons (Fsp3) is 0.250. The first kappa shape index (κ1) is 20.4. The van der Waals surface area contributed by atoms with Gasteiger partial charge in [0.15, 0.2) is 5.11 Å². The Hall–Kier alpha value is -2.93. The van der Waals surface area contributed by atoms with Crippen LogP contribution in [-0.4, -0.2) is 31.3 Å². The summed E-state index contributed by atoms with van der Waals surface area (Å²) in [7, 11) is 2.54. The van der Waals surface area contributed by atoms with Crippen LogP contribution >= 0.6 is 12.2 Å². The molecule has 0 radical (unpaired) electrons. The fourth-order valence-electron chi connectivity index (χ4n) is 2.44. The summed E-state index contributed by atoms with van der Waals surface area (Å²) in [4.78, 5) is 23.7. The molecule has 142 valence electrons. The van der Waals surface area contributed by atoms with Crippen LogP contribution in [0.2, 0.25) is 0 Å². The zero-order valence-corrected chi connectivity index (χ0v) is 16.5. The number of esters is 2. The number of benzene rings is 2. The van der Waals surface area contributed by atoms with E-state index in [1.165, 1.54) is 25.8 Å². The van der Waals surface area contributed by atoms with Crippen molar-refractivity contribution in [1.29, 1.82) is 0 Å². The average molecular weight is 386 g/mol. The molecule has 0 saturated heterocycles. The summed E-state index contributed by atoms with van der Waals surface area (Å²) in [5.41, 5.74) is 2.93. The van der Waals surface area contributed by atoms with Gasteiger partial charge in [0.05, 0.1) is 25.3 Å². The van der Waals surface area contributed by atoms with Gasteiger partial charge in [-0.2, -0.15) is 0 Å². The number of hydrogen-bond donors (Lipinski definition) is 2. The van der Waals surface area contributed by atoms with E-state index in [0.717, 1.165) is 5.69 Å². The molecule has 0 unspecified atom stereocenters. The maximum Gasteiger partial charge on any atom is 0.337 e. The lowest BCUT2D eigenvalue weighted by atomic mass is 10.0. The summed E-state index contributed by atoms with van der Waals surface area (Å²) >= 11 is 5.35. The number of nitrogens with one attached hydrogen (secondary N) is 2. The molecule has 2 N–H and O–H groups in total. The van der Waals surface area contributed by atoms with E-state index < -0.39 is 11.9 Å². The minimum atomic E-state index is -0.563. The lowest BCUT2D eigenvalue weighted by molar-refractivity contribution is 0.0599. The summed E-state index contributed by atoms with van der Waals surface area (Å²) in [6.45, 7) is 4.23.